The van der Waals surface area contributed by atoms with Crippen LogP contribution in [0.1, 0.15) is 29.8 Å². The van der Waals surface area contributed by atoms with E-state index >= 15 is 0 Å². The first-order chi connectivity index (χ1) is 15.2. The smallest absolute Gasteiger partial charge is 0.293 e. The molecule has 0 saturated carbocycles. The van der Waals surface area contributed by atoms with Crippen molar-refractivity contribution in [1.29, 1.82) is 0 Å². The number of halogens is 1. The molecule has 0 aliphatic carbocycles. The maximum atomic E-state index is 13.0. The summed E-state index contributed by atoms with van der Waals surface area (Å²) in [4.78, 5) is 50.0. The average Bonchev–Trinajstić information content (AvgIpc) is 3.03. The van der Waals surface area contributed by atoms with Crippen LogP contribution in [0.2, 0.25) is 0 Å². The first-order valence-electron chi connectivity index (χ1n) is 9.94. The predicted octanol–water partition coefficient (Wildman–Crippen LogP) is 3.89. The number of thioether (sulfide) groups is 1. The molecule has 3 rings (SSSR count). The lowest BCUT2D eigenvalue weighted by Crippen LogP contribution is -2.37. The van der Waals surface area contributed by atoms with E-state index in [0.29, 0.717) is 16.8 Å². The molecule has 4 amide bonds. The molecule has 0 spiro atoms. The van der Waals surface area contributed by atoms with E-state index in [-0.39, 0.29) is 41.5 Å². The van der Waals surface area contributed by atoms with Crippen LogP contribution in [0.15, 0.2) is 53.4 Å². The van der Waals surface area contributed by atoms with Gasteiger partial charge in [-0.15, -0.1) is 0 Å². The summed E-state index contributed by atoms with van der Waals surface area (Å²) in [5.74, 6) is -1.48. The fourth-order valence-electron chi connectivity index (χ4n) is 2.78. The molecule has 1 aliphatic rings. The monoisotopic (exact) mass is 455 g/mol. The SMILES string of the molecule is CC(C)C(=O)Nc1ccc(C(=O)NCCN2C(=O)S/C(=C\c3ccc(F)cc3)C2=O)cc1. The summed E-state index contributed by atoms with van der Waals surface area (Å²) in [7, 11) is 0. The highest BCUT2D eigenvalue weighted by Gasteiger charge is 2.34. The van der Waals surface area contributed by atoms with Crippen LogP contribution in [-0.2, 0) is 9.59 Å². The zero-order valence-corrected chi connectivity index (χ0v) is 18.4. The molecule has 1 aliphatic heterocycles. The van der Waals surface area contributed by atoms with Crippen molar-refractivity contribution in [3.63, 3.8) is 0 Å². The van der Waals surface area contributed by atoms with Crippen molar-refractivity contribution in [1.82, 2.24) is 10.2 Å². The van der Waals surface area contributed by atoms with Crippen LogP contribution < -0.4 is 10.6 Å². The fourth-order valence-corrected chi connectivity index (χ4v) is 3.64. The number of amides is 4. The highest BCUT2D eigenvalue weighted by atomic mass is 32.2. The molecule has 0 unspecified atom stereocenters. The van der Waals surface area contributed by atoms with Gasteiger partial charge in [0.1, 0.15) is 5.82 Å². The summed E-state index contributed by atoms with van der Waals surface area (Å²) < 4.78 is 13.0. The van der Waals surface area contributed by atoms with Gasteiger partial charge in [-0.1, -0.05) is 26.0 Å². The number of anilines is 1. The molecule has 1 saturated heterocycles. The molecular weight excluding hydrogens is 433 g/mol. The minimum Gasteiger partial charge on any atom is -0.350 e. The summed E-state index contributed by atoms with van der Waals surface area (Å²) in [5.41, 5.74) is 1.59. The van der Waals surface area contributed by atoms with Crippen LogP contribution in [0.5, 0.6) is 0 Å². The number of rotatable bonds is 7. The number of imide groups is 1. The Kier molecular flexibility index (Phi) is 7.42. The molecule has 32 heavy (non-hydrogen) atoms. The first kappa shape index (κ1) is 23.2. The van der Waals surface area contributed by atoms with Gasteiger partial charge in [0.2, 0.25) is 5.91 Å². The van der Waals surface area contributed by atoms with E-state index in [4.69, 9.17) is 0 Å². The van der Waals surface area contributed by atoms with Crippen molar-refractivity contribution in [2.75, 3.05) is 18.4 Å². The molecule has 2 aromatic rings. The van der Waals surface area contributed by atoms with Gasteiger partial charge in [0.15, 0.2) is 0 Å². The third kappa shape index (κ3) is 5.82. The van der Waals surface area contributed by atoms with Crippen LogP contribution in [0, 0.1) is 11.7 Å². The maximum Gasteiger partial charge on any atom is 0.293 e. The minimum absolute atomic E-state index is 0.0275. The van der Waals surface area contributed by atoms with Gasteiger partial charge in [0.05, 0.1) is 4.91 Å². The van der Waals surface area contributed by atoms with E-state index in [9.17, 15) is 23.6 Å². The number of nitrogens with one attached hydrogen (secondary N) is 2. The quantitative estimate of drug-likeness (QED) is 0.618. The highest BCUT2D eigenvalue weighted by molar-refractivity contribution is 8.18. The van der Waals surface area contributed by atoms with Crippen LogP contribution >= 0.6 is 11.8 Å². The van der Waals surface area contributed by atoms with Gasteiger partial charge in [-0.2, -0.15) is 0 Å². The summed E-state index contributed by atoms with van der Waals surface area (Å²) in [6.07, 6.45) is 1.53. The second-order valence-electron chi connectivity index (χ2n) is 7.36. The number of benzene rings is 2. The highest BCUT2D eigenvalue weighted by Crippen LogP contribution is 2.31. The lowest BCUT2D eigenvalue weighted by Gasteiger charge is -2.13. The van der Waals surface area contributed by atoms with Crippen LogP contribution in [-0.4, -0.2) is 41.0 Å². The molecule has 166 valence electrons. The Morgan fingerprint density at radius 2 is 1.72 bits per heavy atom. The van der Waals surface area contributed by atoms with Crippen molar-refractivity contribution in [2.45, 2.75) is 13.8 Å². The first-order valence-corrected chi connectivity index (χ1v) is 10.8. The Hall–Kier alpha value is -3.46. The molecule has 7 nitrogen and oxygen atoms in total. The molecule has 9 heteroatoms. The lowest BCUT2D eigenvalue weighted by atomic mass is 10.1. The molecule has 2 aromatic carbocycles. The van der Waals surface area contributed by atoms with Gasteiger partial charge in [-0.3, -0.25) is 24.1 Å². The van der Waals surface area contributed by atoms with Gasteiger partial charge in [-0.05, 0) is 59.8 Å². The summed E-state index contributed by atoms with van der Waals surface area (Å²) in [6, 6.07) is 12.0. The van der Waals surface area contributed by atoms with E-state index in [2.05, 4.69) is 10.6 Å². The fraction of sp³-hybridized carbons (Fsp3) is 0.217. The van der Waals surface area contributed by atoms with Crippen molar-refractivity contribution < 1.29 is 23.6 Å². The third-order valence-corrected chi connectivity index (χ3v) is 5.51. The summed E-state index contributed by atoms with van der Waals surface area (Å²) >= 11 is 0.802. The summed E-state index contributed by atoms with van der Waals surface area (Å²) in [5, 5.41) is 4.99. The predicted molar refractivity (Wildman–Crippen MR) is 121 cm³/mol. The lowest BCUT2D eigenvalue weighted by molar-refractivity contribution is -0.122. The van der Waals surface area contributed by atoms with E-state index in [1.54, 1.807) is 38.1 Å². The van der Waals surface area contributed by atoms with Gasteiger partial charge in [0, 0.05) is 30.3 Å². The third-order valence-electron chi connectivity index (χ3n) is 4.60. The van der Waals surface area contributed by atoms with Crippen LogP contribution in [0.4, 0.5) is 14.9 Å². The topological polar surface area (TPSA) is 95.6 Å². The zero-order chi connectivity index (χ0) is 23.3. The Bertz CT molecular complexity index is 1070. The van der Waals surface area contributed by atoms with Gasteiger partial charge < -0.3 is 10.6 Å². The number of nitrogens with zero attached hydrogens (tertiary/aromatic N) is 1. The van der Waals surface area contributed by atoms with E-state index < -0.39 is 11.1 Å². The largest absolute Gasteiger partial charge is 0.350 e. The maximum absolute atomic E-state index is 13.0. The van der Waals surface area contributed by atoms with Gasteiger partial charge >= 0.3 is 0 Å². The molecule has 1 heterocycles. The molecule has 0 radical (unpaired) electrons. The Labute approximate surface area is 189 Å². The molecule has 0 bridgehead atoms. The van der Waals surface area contributed by atoms with Crippen molar-refractivity contribution in [2.24, 2.45) is 5.92 Å². The van der Waals surface area contributed by atoms with Crippen molar-refractivity contribution >= 4 is 46.5 Å². The van der Waals surface area contributed by atoms with E-state index in [1.807, 2.05) is 0 Å². The number of carbonyl (C=O) groups is 4. The molecule has 2 N–H and O–H groups in total. The Morgan fingerprint density at radius 3 is 2.34 bits per heavy atom. The average molecular weight is 456 g/mol. The molecule has 1 fully saturated rings. The van der Waals surface area contributed by atoms with Gasteiger partial charge in [-0.25, -0.2) is 4.39 Å². The van der Waals surface area contributed by atoms with Gasteiger partial charge in [0.25, 0.3) is 17.1 Å². The number of hydrogen-bond acceptors (Lipinski definition) is 5. The molecule has 0 aromatic heterocycles. The van der Waals surface area contributed by atoms with E-state index in [1.165, 1.54) is 30.3 Å². The van der Waals surface area contributed by atoms with Crippen LogP contribution in [0.25, 0.3) is 6.08 Å². The standard InChI is InChI=1S/C23H22FN3O4S/c1-14(2)20(28)26-18-9-5-16(6-10-18)21(29)25-11-12-27-22(30)19(32-23(27)31)13-15-3-7-17(24)8-4-15/h3-10,13-14H,11-12H2,1-2H3,(H,25,29)(H,26,28)/b19-13-. The molecule has 0 atom stereocenters. The second kappa shape index (κ2) is 10.2. The number of hydrogen-bond donors (Lipinski definition) is 2. The van der Waals surface area contributed by atoms with Crippen molar-refractivity contribution in [3.8, 4) is 0 Å². The number of carbonyl (C=O) groups excluding carboxylic acids is 4. The Balaban J connectivity index is 1.52. The minimum atomic E-state index is -0.455. The normalized spacial score (nSPS) is 14.9. The van der Waals surface area contributed by atoms with Crippen LogP contribution in [0.3, 0.4) is 0 Å². The van der Waals surface area contributed by atoms with E-state index in [0.717, 1.165) is 16.7 Å². The Morgan fingerprint density at radius 1 is 1.06 bits per heavy atom. The second-order valence-corrected chi connectivity index (χ2v) is 8.36. The van der Waals surface area contributed by atoms with Crippen molar-refractivity contribution in [3.05, 3.63) is 70.4 Å². The zero-order valence-electron chi connectivity index (χ0n) is 17.6. The molecular formula is C23H22FN3O4S. The summed E-state index contributed by atoms with van der Waals surface area (Å²) in [6.45, 7) is 3.69.